The van der Waals surface area contributed by atoms with Crippen LogP contribution in [0.4, 0.5) is 0 Å². The molecule has 0 radical (unpaired) electrons. The zero-order chi connectivity index (χ0) is 15.5. The number of rotatable bonds is 6. The molecular weight excluding hydrogens is 272 g/mol. The highest BCUT2D eigenvalue weighted by atomic mass is 16.7. The van der Waals surface area contributed by atoms with Crippen LogP contribution >= 0.6 is 0 Å². The third-order valence-corrected chi connectivity index (χ3v) is 3.46. The number of benzene rings is 1. The summed E-state index contributed by atoms with van der Waals surface area (Å²) in [6.45, 7) is 5.21. The second-order valence-electron chi connectivity index (χ2n) is 5.60. The predicted octanol–water partition coefficient (Wildman–Crippen LogP) is 1.29. The maximum Gasteiger partial charge on any atom is 0.231 e. The summed E-state index contributed by atoms with van der Waals surface area (Å²) >= 11 is 0. The van der Waals surface area contributed by atoms with Crippen molar-refractivity contribution >= 4 is 5.91 Å². The molecule has 0 fully saturated rings. The average molecular weight is 294 g/mol. The van der Waals surface area contributed by atoms with Crippen molar-refractivity contribution in [2.24, 2.45) is 5.41 Å². The van der Waals surface area contributed by atoms with Crippen LogP contribution in [0.5, 0.6) is 17.2 Å². The second-order valence-corrected chi connectivity index (χ2v) is 5.60. The molecule has 1 amide bonds. The molecule has 0 saturated carbocycles. The fourth-order valence-corrected chi connectivity index (χ4v) is 2.22. The smallest absolute Gasteiger partial charge is 0.231 e. The van der Waals surface area contributed by atoms with Gasteiger partial charge in [0.05, 0.1) is 12.5 Å². The summed E-state index contributed by atoms with van der Waals surface area (Å²) in [6, 6.07) is 3.83. The van der Waals surface area contributed by atoms with Crippen LogP contribution in [-0.4, -0.2) is 33.4 Å². The number of carbonyl (C=O) groups excluding carboxylic acids is 1. The predicted molar refractivity (Wildman–Crippen MR) is 78.7 cm³/mol. The molecule has 6 nitrogen and oxygen atoms in total. The van der Waals surface area contributed by atoms with Gasteiger partial charge in [-0.15, -0.1) is 0 Å². The molecule has 0 aromatic heterocycles. The van der Waals surface area contributed by atoms with Gasteiger partial charge in [-0.1, -0.05) is 0 Å². The molecule has 116 valence electrons. The van der Waals surface area contributed by atoms with Crippen LogP contribution in [0.2, 0.25) is 0 Å². The lowest BCUT2D eigenvalue weighted by Gasteiger charge is -2.23. The van der Waals surface area contributed by atoms with Crippen molar-refractivity contribution < 1.29 is 19.0 Å². The molecule has 1 heterocycles. The number of hydrogen-bond donors (Lipinski definition) is 2. The SMILES string of the molecule is CNC(=O)C(C)(C)CNCc1cc(OC)c2c(c1)OCO2. The number of carbonyl (C=O) groups is 1. The molecule has 6 heteroatoms. The van der Waals surface area contributed by atoms with E-state index in [0.717, 1.165) is 5.56 Å². The fourth-order valence-electron chi connectivity index (χ4n) is 2.22. The Bertz CT molecular complexity index is 529. The monoisotopic (exact) mass is 294 g/mol. The number of hydrogen-bond acceptors (Lipinski definition) is 5. The lowest BCUT2D eigenvalue weighted by atomic mass is 9.92. The van der Waals surface area contributed by atoms with Gasteiger partial charge in [-0.2, -0.15) is 0 Å². The Kier molecular flexibility index (Phi) is 4.57. The first kappa shape index (κ1) is 15.4. The molecule has 0 aliphatic carbocycles. The number of fused-ring (bicyclic) bond motifs is 1. The van der Waals surface area contributed by atoms with Crippen LogP contribution in [0.1, 0.15) is 19.4 Å². The normalized spacial score (nSPS) is 13.1. The van der Waals surface area contributed by atoms with Crippen molar-refractivity contribution in [3.05, 3.63) is 17.7 Å². The second kappa shape index (κ2) is 6.22. The Balaban J connectivity index is 2.00. The van der Waals surface area contributed by atoms with Crippen molar-refractivity contribution in [2.45, 2.75) is 20.4 Å². The van der Waals surface area contributed by atoms with Gasteiger partial charge in [0.25, 0.3) is 0 Å². The van der Waals surface area contributed by atoms with Crippen LogP contribution in [0.15, 0.2) is 12.1 Å². The van der Waals surface area contributed by atoms with Crippen molar-refractivity contribution in [1.29, 1.82) is 0 Å². The highest BCUT2D eigenvalue weighted by Gasteiger charge is 2.26. The van der Waals surface area contributed by atoms with Crippen LogP contribution < -0.4 is 24.8 Å². The topological polar surface area (TPSA) is 68.8 Å². The number of nitrogens with one attached hydrogen (secondary N) is 2. The zero-order valence-corrected chi connectivity index (χ0v) is 12.9. The van der Waals surface area contributed by atoms with Gasteiger partial charge in [-0.3, -0.25) is 4.79 Å². The third-order valence-electron chi connectivity index (χ3n) is 3.46. The Morgan fingerprint density at radius 2 is 2.14 bits per heavy atom. The lowest BCUT2D eigenvalue weighted by Crippen LogP contribution is -2.41. The van der Waals surface area contributed by atoms with Crippen molar-refractivity contribution in [2.75, 3.05) is 27.5 Å². The quantitative estimate of drug-likeness (QED) is 0.827. The number of amides is 1. The maximum absolute atomic E-state index is 11.7. The molecule has 1 aliphatic rings. The van der Waals surface area contributed by atoms with E-state index in [9.17, 15) is 4.79 Å². The van der Waals surface area contributed by atoms with Gasteiger partial charge in [-0.05, 0) is 31.5 Å². The van der Waals surface area contributed by atoms with Crippen molar-refractivity contribution in [3.8, 4) is 17.2 Å². The van der Waals surface area contributed by atoms with E-state index in [1.807, 2.05) is 26.0 Å². The van der Waals surface area contributed by atoms with Gasteiger partial charge < -0.3 is 24.8 Å². The lowest BCUT2D eigenvalue weighted by molar-refractivity contribution is -0.128. The molecular formula is C15H22N2O4. The summed E-state index contributed by atoms with van der Waals surface area (Å²) in [5.41, 5.74) is 0.554. The van der Waals surface area contributed by atoms with Crippen LogP contribution in [0, 0.1) is 5.41 Å². The molecule has 0 saturated heterocycles. The van der Waals surface area contributed by atoms with E-state index in [0.29, 0.717) is 30.3 Å². The van der Waals surface area contributed by atoms with E-state index in [2.05, 4.69) is 10.6 Å². The van der Waals surface area contributed by atoms with E-state index in [1.54, 1.807) is 14.2 Å². The van der Waals surface area contributed by atoms with Gasteiger partial charge in [0.15, 0.2) is 11.5 Å². The van der Waals surface area contributed by atoms with Gasteiger partial charge >= 0.3 is 0 Å². The summed E-state index contributed by atoms with van der Waals surface area (Å²) in [5, 5.41) is 5.96. The van der Waals surface area contributed by atoms with Gasteiger partial charge in [0.1, 0.15) is 0 Å². The summed E-state index contributed by atoms with van der Waals surface area (Å²) in [6.07, 6.45) is 0. The summed E-state index contributed by atoms with van der Waals surface area (Å²) in [7, 11) is 3.25. The Morgan fingerprint density at radius 1 is 1.38 bits per heavy atom. The first-order valence-corrected chi connectivity index (χ1v) is 6.87. The van der Waals surface area contributed by atoms with Gasteiger partial charge in [-0.25, -0.2) is 0 Å². The summed E-state index contributed by atoms with van der Waals surface area (Å²) in [5.74, 6) is 2.01. The van der Waals surface area contributed by atoms with E-state index >= 15 is 0 Å². The highest BCUT2D eigenvalue weighted by Crippen LogP contribution is 2.41. The fraction of sp³-hybridized carbons (Fsp3) is 0.533. The molecule has 0 spiro atoms. The average Bonchev–Trinajstić information content (AvgIpc) is 2.93. The van der Waals surface area contributed by atoms with Crippen LogP contribution in [-0.2, 0) is 11.3 Å². The molecule has 21 heavy (non-hydrogen) atoms. The van der Waals surface area contributed by atoms with Gasteiger partial charge in [0.2, 0.25) is 18.4 Å². The van der Waals surface area contributed by atoms with Gasteiger partial charge in [0, 0.05) is 20.1 Å². The largest absolute Gasteiger partial charge is 0.493 e. The molecule has 1 aliphatic heterocycles. The third kappa shape index (κ3) is 3.39. The molecule has 1 aromatic carbocycles. The van der Waals surface area contributed by atoms with E-state index < -0.39 is 5.41 Å². The van der Waals surface area contributed by atoms with E-state index in [-0.39, 0.29) is 12.7 Å². The number of ether oxygens (including phenoxy) is 3. The minimum Gasteiger partial charge on any atom is -0.493 e. The standard InChI is InChI=1S/C15H22N2O4/c1-15(2,14(18)16-3)8-17-7-10-5-11(19-4)13-12(6-10)20-9-21-13/h5-6,17H,7-9H2,1-4H3,(H,16,18). The maximum atomic E-state index is 11.7. The Morgan fingerprint density at radius 3 is 2.81 bits per heavy atom. The minimum absolute atomic E-state index is 0.0123. The van der Waals surface area contributed by atoms with Crippen molar-refractivity contribution in [1.82, 2.24) is 10.6 Å². The Hall–Kier alpha value is -1.95. The molecule has 0 unspecified atom stereocenters. The minimum atomic E-state index is -0.463. The zero-order valence-electron chi connectivity index (χ0n) is 12.9. The van der Waals surface area contributed by atoms with Crippen molar-refractivity contribution in [3.63, 3.8) is 0 Å². The summed E-state index contributed by atoms with van der Waals surface area (Å²) < 4.78 is 16.1. The highest BCUT2D eigenvalue weighted by molar-refractivity contribution is 5.81. The van der Waals surface area contributed by atoms with E-state index in [4.69, 9.17) is 14.2 Å². The molecule has 0 bridgehead atoms. The molecule has 2 N–H and O–H groups in total. The first-order valence-electron chi connectivity index (χ1n) is 6.87. The number of methoxy groups -OCH3 is 1. The molecule has 0 atom stereocenters. The Labute approximate surface area is 124 Å². The first-order chi connectivity index (χ1) is 9.97. The molecule has 2 rings (SSSR count). The van der Waals surface area contributed by atoms with Crippen LogP contribution in [0.25, 0.3) is 0 Å². The molecule has 1 aromatic rings. The van der Waals surface area contributed by atoms with Crippen LogP contribution in [0.3, 0.4) is 0 Å². The summed E-state index contributed by atoms with van der Waals surface area (Å²) in [4.78, 5) is 11.7. The van der Waals surface area contributed by atoms with E-state index in [1.165, 1.54) is 0 Å².